The SMILES string of the molecule is CCCNC1CCOCC1CN1CCCC(C)CC1. The van der Waals surface area contributed by atoms with Crippen LogP contribution in [0.3, 0.4) is 0 Å². The second-order valence-electron chi connectivity index (χ2n) is 6.52. The van der Waals surface area contributed by atoms with Gasteiger partial charge in [0.1, 0.15) is 0 Å². The lowest BCUT2D eigenvalue weighted by atomic mass is 9.94. The van der Waals surface area contributed by atoms with Gasteiger partial charge < -0.3 is 15.0 Å². The van der Waals surface area contributed by atoms with Crippen LogP contribution in [0.25, 0.3) is 0 Å². The quantitative estimate of drug-likeness (QED) is 0.829. The van der Waals surface area contributed by atoms with Crippen LogP contribution in [0.5, 0.6) is 0 Å². The molecule has 2 heterocycles. The molecular formula is C16H32N2O. The third-order valence-electron chi connectivity index (χ3n) is 4.73. The lowest BCUT2D eigenvalue weighted by Gasteiger charge is -2.35. The van der Waals surface area contributed by atoms with Gasteiger partial charge in [-0.2, -0.15) is 0 Å². The molecular weight excluding hydrogens is 236 g/mol. The summed E-state index contributed by atoms with van der Waals surface area (Å²) in [4.78, 5) is 2.68. The highest BCUT2D eigenvalue weighted by Crippen LogP contribution is 2.21. The van der Waals surface area contributed by atoms with Gasteiger partial charge in [0.25, 0.3) is 0 Å². The van der Waals surface area contributed by atoms with Crippen LogP contribution >= 0.6 is 0 Å². The second kappa shape index (κ2) is 8.23. The van der Waals surface area contributed by atoms with Crippen molar-refractivity contribution < 1.29 is 4.74 Å². The lowest BCUT2D eigenvalue weighted by Crippen LogP contribution is -2.48. The Morgan fingerprint density at radius 3 is 2.95 bits per heavy atom. The van der Waals surface area contributed by atoms with Crippen molar-refractivity contribution in [1.29, 1.82) is 0 Å². The molecule has 3 unspecified atom stereocenters. The normalized spacial score (nSPS) is 34.1. The maximum absolute atomic E-state index is 5.72. The van der Waals surface area contributed by atoms with E-state index in [1.165, 1.54) is 51.7 Å². The molecule has 3 atom stereocenters. The molecule has 2 rings (SSSR count). The van der Waals surface area contributed by atoms with E-state index in [4.69, 9.17) is 4.74 Å². The lowest BCUT2D eigenvalue weighted by molar-refractivity contribution is 0.0169. The summed E-state index contributed by atoms with van der Waals surface area (Å²) in [5, 5.41) is 3.73. The molecule has 0 spiro atoms. The zero-order valence-electron chi connectivity index (χ0n) is 12.9. The first kappa shape index (κ1) is 15.3. The van der Waals surface area contributed by atoms with Crippen LogP contribution < -0.4 is 5.32 Å². The summed E-state index contributed by atoms with van der Waals surface area (Å²) in [5.41, 5.74) is 0. The largest absolute Gasteiger partial charge is 0.381 e. The molecule has 1 N–H and O–H groups in total. The summed E-state index contributed by atoms with van der Waals surface area (Å²) in [5.74, 6) is 1.61. The first-order valence-corrected chi connectivity index (χ1v) is 8.33. The van der Waals surface area contributed by atoms with Crippen LogP contribution in [0.2, 0.25) is 0 Å². The van der Waals surface area contributed by atoms with Gasteiger partial charge in [-0.05, 0) is 57.7 Å². The highest BCUT2D eigenvalue weighted by atomic mass is 16.5. The summed E-state index contributed by atoms with van der Waals surface area (Å²) in [6.07, 6.45) is 6.58. The van der Waals surface area contributed by atoms with Crippen molar-refractivity contribution in [3.8, 4) is 0 Å². The van der Waals surface area contributed by atoms with E-state index in [1.54, 1.807) is 0 Å². The molecule has 3 nitrogen and oxygen atoms in total. The molecule has 2 saturated heterocycles. The van der Waals surface area contributed by atoms with Crippen LogP contribution in [-0.2, 0) is 4.74 Å². The number of hydrogen-bond donors (Lipinski definition) is 1. The molecule has 0 amide bonds. The van der Waals surface area contributed by atoms with E-state index in [0.717, 1.165) is 25.7 Å². The van der Waals surface area contributed by atoms with Crippen molar-refractivity contribution in [1.82, 2.24) is 10.2 Å². The zero-order chi connectivity index (χ0) is 13.5. The Kier molecular flexibility index (Phi) is 6.62. The molecule has 0 radical (unpaired) electrons. The molecule has 2 fully saturated rings. The number of rotatable bonds is 5. The summed E-state index contributed by atoms with van der Waals surface area (Å²) in [6, 6.07) is 0.675. The van der Waals surface area contributed by atoms with Crippen LogP contribution in [0.15, 0.2) is 0 Å². The Balaban J connectivity index is 1.80. The summed E-state index contributed by atoms with van der Waals surface area (Å²) >= 11 is 0. The first-order valence-electron chi connectivity index (χ1n) is 8.33. The van der Waals surface area contributed by atoms with Crippen LogP contribution in [0.4, 0.5) is 0 Å². The standard InChI is InChI=1S/C16H32N2O/c1-3-8-17-16-7-11-19-13-15(16)12-18-9-4-5-14(2)6-10-18/h14-17H,3-13H2,1-2H3. The van der Waals surface area contributed by atoms with Gasteiger partial charge in [0.05, 0.1) is 6.61 Å². The molecule has 19 heavy (non-hydrogen) atoms. The van der Waals surface area contributed by atoms with Crippen molar-refractivity contribution in [2.24, 2.45) is 11.8 Å². The van der Waals surface area contributed by atoms with E-state index >= 15 is 0 Å². The van der Waals surface area contributed by atoms with Crippen molar-refractivity contribution in [3.63, 3.8) is 0 Å². The molecule has 2 aliphatic heterocycles. The first-order chi connectivity index (χ1) is 9.29. The van der Waals surface area contributed by atoms with Gasteiger partial charge >= 0.3 is 0 Å². The Morgan fingerprint density at radius 1 is 1.21 bits per heavy atom. The number of nitrogens with zero attached hydrogens (tertiary/aromatic N) is 1. The predicted molar refractivity (Wildman–Crippen MR) is 80.5 cm³/mol. The van der Waals surface area contributed by atoms with Crippen LogP contribution in [0, 0.1) is 11.8 Å². The van der Waals surface area contributed by atoms with E-state index in [1.807, 2.05) is 0 Å². The minimum Gasteiger partial charge on any atom is -0.381 e. The minimum absolute atomic E-state index is 0.675. The third kappa shape index (κ3) is 5.05. The van der Waals surface area contributed by atoms with Crippen LogP contribution in [-0.4, -0.2) is 50.3 Å². The maximum atomic E-state index is 5.72. The van der Waals surface area contributed by atoms with Crippen molar-refractivity contribution >= 4 is 0 Å². The summed E-state index contributed by atoms with van der Waals surface area (Å²) in [7, 11) is 0. The Hall–Kier alpha value is -0.120. The number of likely N-dealkylation sites (tertiary alicyclic amines) is 1. The Bertz CT molecular complexity index is 247. The van der Waals surface area contributed by atoms with E-state index in [0.29, 0.717) is 12.0 Å². The Labute approximate surface area is 119 Å². The molecule has 0 aliphatic carbocycles. The molecule has 0 aromatic carbocycles. The fourth-order valence-electron chi connectivity index (χ4n) is 3.41. The topological polar surface area (TPSA) is 24.5 Å². The summed E-state index contributed by atoms with van der Waals surface area (Å²) in [6.45, 7) is 11.5. The van der Waals surface area contributed by atoms with Gasteiger partial charge in [-0.15, -0.1) is 0 Å². The Morgan fingerprint density at radius 2 is 2.11 bits per heavy atom. The highest BCUT2D eigenvalue weighted by molar-refractivity contribution is 4.83. The molecule has 3 heteroatoms. The average molecular weight is 268 g/mol. The van der Waals surface area contributed by atoms with Gasteiger partial charge in [0.15, 0.2) is 0 Å². The molecule has 112 valence electrons. The minimum atomic E-state index is 0.675. The van der Waals surface area contributed by atoms with E-state index in [-0.39, 0.29) is 0 Å². The van der Waals surface area contributed by atoms with E-state index in [2.05, 4.69) is 24.1 Å². The highest BCUT2D eigenvalue weighted by Gasteiger charge is 2.27. The van der Waals surface area contributed by atoms with Crippen molar-refractivity contribution in [2.75, 3.05) is 39.4 Å². The molecule has 0 aromatic rings. The smallest absolute Gasteiger partial charge is 0.0521 e. The molecule has 2 aliphatic rings. The fraction of sp³-hybridized carbons (Fsp3) is 1.00. The molecule has 0 bridgehead atoms. The van der Waals surface area contributed by atoms with E-state index < -0.39 is 0 Å². The van der Waals surface area contributed by atoms with Gasteiger partial charge in [-0.3, -0.25) is 0 Å². The zero-order valence-corrected chi connectivity index (χ0v) is 12.9. The number of nitrogens with one attached hydrogen (secondary N) is 1. The molecule has 0 saturated carbocycles. The van der Waals surface area contributed by atoms with Crippen LogP contribution in [0.1, 0.15) is 46.0 Å². The average Bonchev–Trinajstić information content (AvgIpc) is 2.63. The summed E-state index contributed by atoms with van der Waals surface area (Å²) < 4.78 is 5.72. The number of hydrogen-bond acceptors (Lipinski definition) is 3. The second-order valence-corrected chi connectivity index (χ2v) is 6.52. The van der Waals surface area contributed by atoms with Crippen molar-refractivity contribution in [2.45, 2.75) is 52.0 Å². The third-order valence-corrected chi connectivity index (χ3v) is 4.73. The van der Waals surface area contributed by atoms with Gasteiger partial charge in [-0.25, -0.2) is 0 Å². The van der Waals surface area contributed by atoms with Gasteiger partial charge in [-0.1, -0.05) is 13.8 Å². The monoisotopic (exact) mass is 268 g/mol. The van der Waals surface area contributed by atoms with Gasteiger partial charge in [0, 0.05) is 25.1 Å². The van der Waals surface area contributed by atoms with E-state index in [9.17, 15) is 0 Å². The maximum Gasteiger partial charge on any atom is 0.0521 e. The predicted octanol–water partition coefficient (Wildman–Crippen LogP) is 2.51. The van der Waals surface area contributed by atoms with Gasteiger partial charge in [0.2, 0.25) is 0 Å². The fourth-order valence-corrected chi connectivity index (χ4v) is 3.41. The molecule has 0 aromatic heterocycles. The van der Waals surface area contributed by atoms with Crippen molar-refractivity contribution in [3.05, 3.63) is 0 Å². The number of ether oxygens (including phenoxy) is 1.